The molecule has 1 aromatic heterocycles. The number of rotatable bonds is 8. The quantitative estimate of drug-likeness (QED) is 0.481. The molecule has 3 aromatic rings. The van der Waals surface area contributed by atoms with Crippen molar-refractivity contribution < 1.29 is 4.79 Å². The second kappa shape index (κ2) is 9.13. The van der Waals surface area contributed by atoms with Crippen molar-refractivity contribution in [2.75, 3.05) is 18.8 Å². The fourth-order valence-electron chi connectivity index (χ4n) is 2.55. The maximum atomic E-state index is 11.8. The van der Waals surface area contributed by atoms with E-state index in [1.807, 2.05) is 42.7 Å². The SMILES string of the molecule is O=C(NCCCn1cnc2ccccc21)NCCSc1ccccc1. The Morgan fingerprint density at radius 3 is 2.64 bits per heavy atom. The van der Waals surface area contributed by atoms with E-state index in [2.05, 4.69) is 38.4 Å². The molecule has 0 bridgehead atoms. The summed E-state index contributed by atoms with van der Waals surface area (Å²) in [6.07, 6.45) is 2.72. The van der Waals surface area contributed by atoms with Crippen LogP contribution < -0.4 is 10.6 Å². The Morgan fingerprint density at radius 1 is 1.00 bits per heavy atom. The molecule has 25 heavy (non-hydrogen) atoms. The minimum Gasteiger partial charge on any atom is -0.338 e. The van der Waals surface area contributed by atoms with Crippen LogP contribution in [0.1, 0.15) is 6.42 Å². The summed E-state index contributed by atoms with van der Waals surface area (Å²) in [7, 11) is 0. The Labute approximate surface area is 151 Å². The van der Waals surface area contributed by atoms with E-state index in [9.17, 15) is 4.79 Å². The van der Waals surface area contributed by atoms with Crippen molar-refractivity contribution in [2.24, 2.45) is 0 Å². The molecule has 0 atom stereocenters. The summed E-state index contributed by atoms with van der Waals surface area (Å²) in [6, 6.07) is 18.2. The Bertz CT molecular complexity index is 803. The summed E-state index contributed by atoms with van der Waals surface area (Å²) < 4.78 is 2.12. The third-order valence-electron chi connectivity index (χ3n) is 3.79. The van der Waals surface area contributed by atoms with E-state index in [4.69, 9.17) is 0 Å². The van der Waals surface area contributed by atoms with E-state index < -0.39 is 0 Å². The average molecular weight is 354 g/mol. The molecule has 130 valence electrons. The van der Waals surface area contributed by atoms with Crippen LogP contribution in [0.25, 0.3) is 11.0 Å². The maximum Gasteiger partial charge on any atom is 0.314 e. The highest BCUT2D eigenvalue weighted by atomic mass is 32.2. The molecule has 0 saturated heterocycles. The van der Waals surface area contributed by atoms with Gasteiger partial charge in [-0.25, -0.2) is 9.78 Å². The van der Waals surface area contributed by atoms with Crippen LogP contribution in [-0.2, 0) is 6.54 Å². The van der Waals surface area contributed by atoms with E-state index in [0.717, 1.165) is 29.8 Å². The number of urea groups is 1. The van der Waals surface area contributed by atoms with Gasteiger partial charge >= 0.3 is 6.03 Å². The molecule has 0 spiro atoms. The van der Waals surface area contributed by atoms with Crippen molar-refractivity contribution in [1.29, 1.82) is 0 Å². The first-order chi connectivity index (χ1) is 12.3. The van der Waals surface area contributed by atoms with Gasteiger partial charge in [-0.15, -0.1) is 11.8 Å². The molecule has 0 saturated carbocycles. The zero-order valence-electron chi connectivity index (χ0n) is 14.0. The number of fused-ring (bicyclic) bond motifs is 1. The number of aromatic nitrogens is 2. The van der Waals surface area contributed by atoms with E-state index in [1.54, 1.807) is 11.8 Å². The highest BCUT2D eigenvalue weighted by Gasteiger charge is 2.02. The van der Waals surface area contributed by atoms with Crippen molar-refractivity contribution in [3.63, 3.8) is 0 Å². The zero-order valence-corrected chi connectivity index (χ0v) is 14.8. The van der Waals surface area contributed by atoms with Gasteiger partial charge in [0.2, 0.25) is 0 Å². The number of imidazole rings is 1. The lowest BCUT2D eigenvalue weighted by Gasteiger charge is -2.08. The van der Waals surface area contributed by atoms with Gasteiger partial charge in [0.1, 0.15) is 0 Å². The number of nitrogens with zero attached hydrogens (tertiary/aromatic N) is 2. The van der Waals surface area contributed by atoms with Gasteiger partial charge in [-0.1, -0.05) is 30.3 Å². The molecule has 2 aromatic carbocycles. The molecule has 3 rings (SSSR count). The normalized spacial score (nSPS) is 10.7. The van der Waals surface area contributed by atoms with Crippen LogP contribution in [0.2, 0.25) is 0 Å². The number of benzene rings is 2. The molecule has 0 radical (unpaired) electrons. The number of hydrogen-bond donors (Lipinski definition) is 2. The molecule has 0 unspecified atom stereocenters. The fourth-order valence-corrected chi connectivity index (χ4v) is 3.34. The summed E-state index contributed by atoms with van der Waals surface area (Å²) in [5, 5.41) is 5.78. The Balaban J connectivity index is 1.29. The van der Waals surface area contributed by atoms with Gasteiger partial charge in [0.15, 0.2) is 0 Å². The number of hydrogen-bond acceptors (Lipinski definition) is 3. The second-order valence-corrected chi connectivity index (χ2v) is 6.79. The standard InChI is InChI=1S/C19H22N4OS/c24-19(21-12-14-25-16-7-2-1-3-8-16)20-11-6-13-23-15-22-17-9-4-5-10-18(17)23/h1-5,7-10,15H,6,11-14H2,(H2,20,21,24). The first-order valence-electron chi connectivity index (χ1n) is 8.42. The van der Waals surface area contributed by atoms with Crippen molar-refractivity contribution in [1.82, 2.24) is 20.2 Å². The van der Waals surface area contributed by atoms with Crippen LogP contribution in [0.15, 0.2) is 65.8 Å². The molecule has 0 aliphatic rings. The van der Waals surface area contributed by atoms with Gasteiger partial charge < -0.3 is 15.2 Å². The van der Waals surface area contributed by atoms with E-state index in [-0.39, 0.29) is 6.03 Å². The van der Waals surface area contributed by atoms with Gasteiger partial charge in [-0.2, -0.15) is 0 Å². The van der Waals surface area contributed by atoms with Crippen LogP contribution in [-0.4, -0.2) is 34.4 Å². The average Bonchev–Trinajstić information content (AvgIpc) is 3.06. The van der Waals surface area contributed by atoms with Gasteiger partial charge in [0.05, 0.1) is 17.4 Å². The third-order valence-corrected chi connectivity index (χ3v) is 4.80. The topological polar surface area (TPSA) is 59.0 Å². The van der Waals surface area contributed by atoms with Crippen LogP contribution in [0.5, 0.6) is 0 Å². The smallest absolute Gasteiger partial charge is 0.314 e. The number of carbonyl (C=O) groups is 1. The van der Waals surface area contributed by atoms with Gasteiger partial charge in [-0.3, -0.25) is 0 Å². The fraction of sp³-hybridized carbons (Fsp3) is 0.263. The van der Waals surface area contributed by atoms with Crippen molar-refractivity contribution in [3.05, 3.63) is 60.9 Å². The molecule has 0 fully saturated rings. The lowest BCUT2D eigenvalue weighted by atomic mass is 10.3. The Morgan fingerprint density at radius 2 is 1.76 bits per heavy atom. The number of carbonyl (C=O) groups excluding carboxylic acids is 1. The number of nitrogens with one attached hydrogen (secondary N) is 2. The number of thioether (sulfide) groups is 1. The largest absolute Gasteiger partial charge is 0.338 e. The lowest BCUT2D eigenvalue weighted by Crippen LogP contribution is -2.37. The van der Waals surface area contributed by atoms with Crippen LogP contribution in [0.4, 0.5) is 4.79 Å². The second-order valence-electron chi connectivity index (χ2n) is 5.62. The molecule has 2 amide bonds. The minimum absolute atomic E-state index is 0.107. The Kier molecular flexibility index (Phi) is 6.34. The first kappa shape index (κ1) is 17.4. The molecule has 5 nitrogen and oxygen atoms in total. The monoisotopic (exact) mass is 354 g/mol. The minimum atomic E-state index is -0.107. The van der Waals surface area contributed by atoms with E-state index >= 15 is 0 Å². The summed E-state index contributed by atoms with van der Waals surface area (Å²) in [5.74, 6) is 0.860. The summed E-state index contributed by atoms with van der Waals surface area (Å²) in [5.41, 5.74) is 2.13. The predicted octanol–water partition coefficient (Wildman–Crippen LogP) is 3.52. The van der Waals surface area contributed by atoms with Crippen LogP contribution >= 0.6 is 11.8 Å². The van der Waals surface area contributed by atoms with Crippen LogP contribution in [0.3, 0.4) is 0 Å². The molecular weight excluding hydrogens is 332 g/mol. The van der Waals surface area contributed by atoms with E-state index in [0.29, 0.717) is 13.1 Å². The molecular formula is C19H22N4OS. The molecule has 2 N–H and O–H groups in total. The van der Waals surface area contributed by atoms with Crippen LogP contribution in [0, 0.1) is 0 Å². The van der Waals surface area contributed by atoms with Crippen molar-refractivity contribution in [2.45, 2.75) is 17.9 Å². The van der Waals surface area contributed by atoms with Crippen molar-refractivity contribution in [3.8, 4) is 0 Å². The zero-order chi connectivity index (χ0) is 17.3. The van der Waals surface area contributed by atoms with E-state index in [1.165, 1.54) is 4.90 Å². The number of aryl methyl sites for hydroxylation is 1. The molecule has 6 heteroatoms. The summed E-state index contributed by atoms with van der Waals surface area (Å²) in [4.78, 5) is 17.4. The third kappa shape index (κ3) is 5.26. The number of para-hydroxylation sites is 2. The van der Waals surface area contributed by atoms with Gasteiger partial charge in [0, 0.05) is 30.3 Å². The highest BCUT2D eigenvalue weighted by molar-refractivity contribution is 7.99. The molecule has 0 aliphatic carbocycles. The Hall–Kier alpha value is -2.47. The summed E-state index contributed by atoms with van der Waals surface area (Å²) in [6.45, 7) is 2.13. The lowest BCUT2D eigenvalue weighted by molar-refractivity contribution is 0.241. The van der Waals surface area contributed by atoms with Crippen molar-refractivity contribution >= 4 is 28.8 Å². The molecule has 1 heterocycles. The predicted molar refractivity (Wildman–Crippen MR) is 103 cm³/mol. The number of amides is 2. The van der Waals surface area contributed by atoms with Gasteiger partial charge in [0.25, 0.3) is 0 Å². The highest BCUT2D eigenvalue weighted by Crippen LogP contribution is 2.15. The summed E-state index contributed by atoms with van der Waals surface area (Å²) >= 11 is 1.74. The maximum absolute atomic E-state index is 11.8. The molecule has 0 aliphatic heterocycles. The van der Waals surface area contributed by atoms with Gasteiger partial charge in [-0.05, 0) is 30.7 Å². The first-order valence-corrected chi connectivity index (χ1v) is 9.41.